The highest BCUT2D eigenvalue weighted by atomic mass is 15.2. The molecule has 1 atom stereocenters. The quantitative estimate of drug-likeness (QED) is 0.122. The Bertz CT molecular complexity index is 2890. The lowest BCUT2D eigenvalue weighted by Gasteiger charge is -2.18. The van der Waals surface area contributed by atoms with Crippen LogP contribution in [0.2, 0.25) is 6.32 Å². The maximum atomic E-state index is 5.39. The zero-order valence-electron chi connectivity index (χ0n) is 32.1. The van der Waals surface area contributed by atoms with Gasteiger partial charge >= 0.3 is 0 Å². The van der Waals surface area contributed by atoms with Crippen molar-refractivity contribution in [3.8, 4) is 5.95 Å². The number of benzene rings is 4. The van der Waals surface area contributed by atoms with Gasteiger partial charge in [0.05, 0.1) is 22.1 Å². The van der Waals surface area contributed by atoms with Crippen LogP contribution in [0.25, 0.3) is 66.4 Å². The number of hydrogen-bond acceptors (Lipinski definition) is 3. The fourth-order valence-corrected chi connectivity index (χ4v) is 8.14. The van der Waals surface area contributed by atoms with E-state index in [2.05, 4.69) is 173 Å². The van der Waals surface area contributed by atoms with Crippen molar-refractivity contribution in [3.63, 3.8) is 0 Å². The molecular weight excluding hydrogens is 666 g/mol. The molecule has 0 N–H and O–H groups in total. The van der Waals surface area contributed by atoms with Crippen LogP contribution in [-0.4, -0.2) is 55.5 Å². The van der Waals surface area contributed by atoms with Crippen LogP contribution in [0, 0.1) is 0 Å². The van der Waals surface area contributed by atoms with Crippen LogP contribution in [0.15, 0.2) is 157 Å². The average Bonchev–Trinajstić information content (AvgIpc) is 3.76. The molecule has 0 fully saturated rings. The highest BCUT2D eigenvalue weighted by Crippen LogP contribution is 2.42. The monoisotopic (exact) mass is 707 g/mol. The van der Waals surface area contributed by atoms with Crippen LogP contribution in [0.3, 0.4) is 0 Å². The minimum atomic E-state index is 0.231. The topological polar surface area (TPSA) is 48.5 Å². The lowest BCUT2D eigenvalue weighted by Crippen LogP contribution is -2.11. The minimum absolute atomic E-state index is 0.231. The summed E-state index contributed by atoms with van der Waals surface area (Å²) in [5.74, 6) is 2.16. The van der Waals surface area contributed by atoms with Gasteiger partial charge in [-0.05, 0) is 49.1 Å². The van der Waals surface area contributed by atoms with Crippen molar-refractivity contribution in [2.24, 2.45) is 0 Å². The zero-order valence-corrected chi connectivity index (χ0v) is 32.1. The first-order valence-electron chi connectivity index (χ1n) is 19.5. The molecule has 0 saturated heterocycles. The first-order valence-corrected chi connectivity index (χ1v) is 19.5. The smallest absolute Gasteiger partial charge is 0.238 e. The lowest BCUT2D eigenvalue weighted by atomic mass is 9.74. The van der Waals surface area contributed by atoms with E-state index in [1.807, 2.05) is 7.85 Å². The molecule has 2 aliphatic rings. The second kappa shape index (κ2) is 14.3. The molecule has 0 spiro atoms. The van der Waals surface area contributed by atoms with Gasteiger partial charge < -0.3 is 4.57 Å². The molecule has 0 saturated carbocycles. The molecule has 0 aliphatic heterocycles. The Hall–Kier alpha value is -6.07. The summed E-state index contributed by atoms with van der Waals surface area (Å²) in [7, 11) is 8.52. The molecule has 3 aromatic heterocycles. The highest BCUT2D eigenvalue weighted by molar-refractivity contribution is 6.37. The van der Waals surface area contributed by atoms with Crippen molar-refractivity contribution in [3.05, 3.63) is 174 Å². The summed E-state index contributed by atoms with van der Waals surface area (Å²) in [5.41, 5.74) is 12.3. The van der Waals surface area contributed by atoms with Crippen LogP contribution in [0.4, 0.5) is 0 Å². The van der Waals surface area contributed by atoms with E-state index in [9.17, 15) is 0 Å². The van der Waals surface area contributed by atoms with E-state index >= 15 is 0 Å². The van der Waals surface area contributed by atoms with Crippen molar-refractivity contribution in [2.45, 2.75) is 31.5 Å². The molecule has 0 bridgehead atoms. The molecule has 4 aromatic carbocycles. The molecule has 262 valence electrons. The lowest BCUT2D eigenvalue weighted by molar-refractivity contribution is 0.849. The van der Waals surface area contributed by atoms with Crippen LogP contribution in [-0.2, 0) is 0 Å². The Labute approximate surface area is 325 Å². The van der Waals surface area contributed by atoms with Gasteiger partial charge in [-0.3, -0.25) is 4.57 Å². The first-order chi connectivity index (χ1) is 26.9. The maximum absolute atomic E-state index is 5.39. The Morgan fingerprint density at radius 3 is 2.24 bits per heavy atom. The maximum Gasteiger partial charge on any atom is 0.238 e. The van der Waals surface area contributed by atoms with E-state index in [0.29, 0.717) is 17.6 Å². The Balaban J connectivity index is 1.36. The van der Waals surface area contributed by atoms with Gasteiger partial charge in [-0.1, -0.05) is 121 Å². The zero-order chi connectivity index (χ0) is 37.6. The van der Waals surface area contributed by atoms with Gasteiger partial charge in [-0.25, -0.2) is 4.98 Å². The summed E-state index contributed by atoms with van der Waals surface area (Å²) in [4.78, 5) is 16.1. The van der Waals surface area contributed by atoms with Gasteiger partial charge in [0.1, 0.15) is 31.4 Å². The van der Waals surface area contributed by atoms with Crippen molar-refractivity contribution < 1.29 is 0 Å². The van der Waals surface area contributed by atoms with E-state index in [1.54, 1.807) is 0 Å². The number of allylic oxidation sites excluding steroid dienone is 13. The molecule has 7 aromatic rings. The van der Waals surface area contributed by atoms with Gasteiger partial charge in [0.25, 0.3) is 0 Å². The van der Waals surface area contributed by atoms with Crippen LogP contribution in [0.1, 0.15) is 42.4 Å². The Morgan fingerprint density at radius 1 is 0.745 bits per heavy atom. The normalized spacial score (nSPS) is 16.5. The van der Waals surface area contributed by atoms with Crippen molar-refractivity contribution in [1.29, 1.82) is 0 Å². The van der Waals surface area contributed by atoms with Gasteiger partial charge in [0.2, 0.25) is 5.95 Å². The summed E-state index contributed by atoms with van der Waals surface area (Å²) in [6, 6.07) is 32.7. The summed E-state index contributed by atoms with van der Waals surface area (Å²) >= 11 is 0. The second-order valence-corrected chi connectivity index (χ2v) is 14.9. The van der Waals surface area contributed by atoms with Crippen molar-refractivity contribution in [1.82, 2.24) is 24.1 Å². The van der Waals surface area contributed by atoms with Crippen LogP contribution >= 0.6 is 0 Å². The number of fused-ring (bicyclic) bond motifs is 7. The number of para-hydroxylation sites is 2. The SMILES string of the molecule is BC/C(B)=C(\C=C(\B)C(B)=C)c1nc(C2=CC(c3ccccc3)CC=C2)nc(-n2c3ccccc3c3c4c(ccc32)c2ccccc2n4C2=CCCC=C2)n1. The average molecular weight is 707 g/mol. The summed E-state index contributed by atoms with van der Waals surface area (Å²) in [5, 5.41) is 4.83. The van der Waals surface area contributed by atoms with Gasteiger partial charge in [-0.15, -0.1) is 17.5 Å². The molecule has 0 radical (unpaired) electrons. The third-order valence-electron chi connectivity index (χ3n) is 11.3. The molecule has 9 rings (SSSR count). The number of rotatable bonds is 8. The number of aromatic nitrogens is 5. The highest BCUT2D eigenvalue weighted by Gasteiger charge is 2.24. The van der Waals surface area contributed by atoms with E-state index in [4.69, 9.17) is 15.0 Å². The van der Waals surface area contributed by atoms with E-state index in [1.165, 1.54) is 43.9 Å². The predicted octanol–water partition coefficient (Wildman–Crippen LogP) is 7.45. The van der Waals surface area contributed by atoms with E-state index in [0.717, 1.165) is 64.1 Å². The summed E-state index contributed by atoms with van der Waals surface area (Å²) in [6.45, 7) is 4.25. The second-order valence-electron chi connectivity index (χ2n) is 14.9. The summed E-state index contributed by atoms with van der Waals surface area (Å²) < 4.78 is 4.71. The van der Waals surface area contributed by atoms with Crippen LogP contribution in [0.5, 0.6) is 0 Å². The van der Waals surface area contributed by atoms with Crippen molar-refractivity contribution >= 4 is 91.8 Å². The fourth-order valence-electron chi connectivity index (χ4n) is 8.14. The van der Waals surface area contributed by atoms with E-state index < -0.39 is 0 Å². The largest absolute Gasteiger partial charge is 0.309 e. The molecule has 5 nitrogen and oxygen atoms in total. The van der Waals surface area contributed by atoms with Crippen LogP contribution < -0.4 is 0 Å². The number of hydrogen-bond donors (Lipinski definition) is 0. The third kappa shape index (κ3) is 6.08. The molecule has 3 heterocycles. The van der Waals surface area contributed by atoms with Gasteiger partial charge in [0, 0.05) is 44.3 Å². The predicted molar refractivity (Wildman–Crippen MR) is 244 cm³/mol. The van der Waals surface area contributed by atoms with Gasteiger partial charge in [0.15, 0.2) is 11.6 Å². The first kappa shape index (κ1) is 34.7. The molecule has 1 unspecified atom stereocenters. The summed E-state index contributed by atoms with van der Waals surface area (Å²) in [6.07, 6.45) is 19.8. The van der Waals surface area contributed by atoms with E-state index in [-0.39, 0.29) is 5.92 Å². The van der Waals surface area contributed by atoms with Gasteiger partial charge in [-0.2, -0.15) is 9.97 Å². The minimum Gasteiger partial charge on any atom is -0.309 e. The van der Waals surface area contributed by atoms with Crippen molar-refractivity contribution in [2.75, 3.05) is 0 Å². The molecular formula is C46H41B4N5. The fraction of sp³-hybridized carbons (Fsp3) is 0.109. The standard InChI is InChI=1S/C46H41B4N5/c1-28(48)37(49)26-36(38(50)27-47)45-51-44(31-16-12-15-30(25-31)29-13-4-2-5-14-29)52-46(53-45)55-40-22-11-9-20-35(40)42-41(55)24-23-34-33-19-8-10-21-39(33)54(43(34)42)32-17-6-3-7-18-32/h2,4-6,8-14,16-26,30H,1,3,7,15,27,47-50H2/b37-26+,38-36-. The molecule has 55 heavy (non-hydrogen) atoms. The molecule has 9 heteroatoms. The Morgan fingerprint density at radius 2 is 1.49 bits per heavy atom. The molecule has 0 amide bonds. The molecule has 2 aliphatic carbocycles. The Kier molecular flexibility index (Phi) is 9.01. The number of nitrogens with zero attached hydrogens (tertiary/aromatic N) is 5. The third-order valence-corrected chi connectivity index (χ3v) is 11.3.